The number of likely N-dealkylation sites (tertiary alicyclic amines) is 1. The summed E-state index contributed by atoms with van der Waals surface area (Å²) in [5.41, 5.74) is 3.27. The van der Waals surface area contributed by atoms with Crippen molar-refractivity contribution in [3.8, 4) is 5.69 Å². The molecule has 1 saturated heterocycles. The summed E-state index contributed by atoms with van der Waals surface area (Å²) in [6, 6.07) is 7.93. The molecule has 25 heavy (non-hydrogen) atoms. The molecule has 134 valence electrons. The third-order valence-electron chi connectivity index (χ3n) is 4.98. The number of rotatable bonds is 5. The number of hydrogen-bond acceptors (Lipinski definition) is 3. The zero-order chi connectivity index (χ0) is 18.0. The molecule has 1 amide bonds. The second kappa shape index (κ2) is 7.58. The van der Waals surface area contributed by atoms with Crippen LogP contribution in [0.5, 0.6) is 0 Å². The van der Waals surface area contributed by atoms with Crippen LogP contribution in [0.3, 0.4) is 0 Å². The van der Waals surface area contributed by atoms with Gasteiger partial charge >= 0.3 is 0 Å². The average Bonchev–Trinajstić information content (AvgIpc) is 3.19. The molecular weight excluding hydrogens is 336 g/mol. The highest BCUT2D eigenvalue weighted by Crippen LogP contribution is 2.22. The lowest BCUT2D eigenvalue weighted by Crippen LogP contribution is -2.40. The van der Waals surface area contributed by atoms with E-state index in [9.17, 15) is 4.79 Å². The Morgan fingerprint density at radius 3 is 2.64 bits per heavy atom. The molecule has 1 unspecified atom stereocenters. The number of hydrogen-bond donors (Lipinski definition) is 1. The molecule has 1 fully saturated rings. The van der Waals surface area contributed by atoms with E-state index in [0.29, 0.717) is 23.2 Å². The monoisotopic (exact) mass is 360 g/mol. The number of nitrogens with zero attached hydrogens (tertiary/aromatic N) is 3. The Kier molecular flexibility index (Phi) is 5.45. The fourth-order valence-electron chi connectivity index (χ4n) is 3.48. The van der Waals surface area contributed by atoms with Gasteiger partial charge in [-0.3, -0.25) is 9.69 Å². The predicted octanol–water partition coefficient (Wildman–Crippen LogP) is 3.36. The molecule has 6 heteroatoms. The van der Waals surface area contributed by atoms with Gasteiger partial charge in [-0.2, -0.15) is 5.10 Å². The van der Waals surface area contributed by atoms with Crippen molar-refractivity contribution in [3.05, 3.63) is 46.2 Å². The normalized spacial score (nSPS) is 17.8. The van der Waals surface area contributed by atoms with Crippen molar-refractivity contribution in [2.45, 2.75) is 39.7 Å². The van der Waals surface area contributed by atoms with Gasteiger partial charge in [-0.25, -0.2) is 4.68 Å². The number of benzene rings is 1. The van der Waals surface area contributed by atoms with Gasteiger partial charge in [0.2, 0.25) is 0 Å². The first-order chi connectivity index (χ1) is 12.0. The Bertz CT molecular complexity index is 754. The molecule has 0 radical (unpaired) electrons. The van der Waals surface area contributed by atoms with Crippen molar-refractivity contribution >= 4 is 17.5 Å². The second-order valence-electron chi connectivity index (χ2n) is 6.58. The van der Waals surface area contributed by atoms with Gasteiger partial charge in [-0.05, 0) is 64.0 Å². The molecule has 0 bridgehead atoms. The van der Waals surface area contributed by atoms with Gasteiger partial charge < -0.3 is 5.32 Å². The first kappa shape index (κ1) is 18.0. The molecule has 1 aliphatic heterocycles. The number of carbonyl (C=O) groups excluding carboxylic acids is 1. The van der Waals surface area contributed by atoms with E-state index < -0.39 is 0 Å². The van der Waals surface area contributed by atoms with E-state index in [0.717, 1.165) is 36.6 Å². The van der Waals surface area contributed by atoms with Crippen LogP contribution in [0.15, 0.2) is 24.3 Å². The lowest BCUT2D eigenvalue weighted by molar-refractivity contribution is 0.0941. The van der Waals surface area contributed by atoms with E-state index in [-0.39, 0.29) is 5.91 Å². The smallest absolute Gasteiger partial charge is 0.251 e. The first-order valence-corrected chi connectivity index (χ1v) is 9.23. The van der Waals surface area contributed by atoms with Gasteiger partial charge in [0.1, 0.15) is 0 Å². The molecule has 2 heterocycles. The van der Waals surface area contributed by atoms with Crippen LogP contribution in [-0.2, 0) is 0 Å². The quantitative estimate of drug-likeness (QED) is 0.889. The Labute approximate surface area is 154 Å². The summed E-state index contributed by atoms with van der Waals surface area (Å²) in [4.78, 5) is 14.8. The Hall–Kier alpha value is -1.85. The average molecular weight is 361 g/mol. The largest absolute Gasteiger partial charge is 0.350 e. The molecule has 2 aromatic rings. The number of halogens is 1. The number of aromatic nitrogens is 2. The van der Waals surface area contributed by atoms with Crippen molar-refractivity contribution in [2.75, 3.05) is 19.6 Å². The minimum Gasteiger partial charge on any atom is -0.350 e. The Balaban J connectivity index is 1.65. The number of carbonyl (C=O) groups is 1. The summed E-state index contributed by atoms with van der Waals surface area (Å²) in [5.74, 6) is -0.0269. The van der Waals surface area contributed by atoms with Crippen LogP contribution >= 0.6 is 11.6 Å². The summed E-state index contributed by atoms with van der Waals surface area (Å²) < 4.78 is 1.80. The maximum atomic E-state index is 12.4. The topological polar surface area (TPSA) is 50.2 Å². The zero-order valence-electron chi connectivity index (χ0n) is 15.1. The van der Waals surface area contributed by atoms with Crippen molar-refractivity contribution < 1.29 is 4.79 Å². The summed E-state index contributed by atoms with van der Waals surface area (Å²) in [6.07, 6.45) is 2.38. The molecule has 1 aromatic carbocycles. The molecule has 0 aliphatic carbocycles. The van der Waals surface area contributed by atoms with Crippen molar-refractivity contribution in [3.63, 3.8) is 0 Å². The summed E-state index contributed by atoms with van der Waals surface area (Å²) in [6.45, 7) is 8.88. The van der Waals surface area contributed by atoms with E-state index in [1.54, 1.807) is 4.68 Å². The molecule has 1 aromatic heterocycles. The number of aryl methyl sites for hydroxylation is 1. The molecule has 1 N–H and O–H groups in total. The van der Waals surface area contributed by atoms with Crippen molar-refractivity contribution in [1.82, 2.24) is 20.0 Å². The highest BCUT2D eigenvalue weighted by Gasteiger charge is 2.23. The highest BCUT2D eigenvalue weighted by atomic mass is 35.5. The lowest BCUT2D eigenvalue weighted by atomic mass is 10.1. The lowest BCUT2D eigenvalue weighted by Gasteiger charge is -2.22. The van der Waals surface area contributed by atoms with Crippen LogP contribution in [0.2, 0.25) is 5.02 Å². The van der Waals surface area contributed by atoms with Crippen LogP contribution < -0.4 is 5.32 Å². The van der Waals surface area contributed by atoms with Gasteiger partial charge in [0.25, 0.3) is 5.91 Å². The third kappa shape index (κ3) is 3.72. The molecule has 0 spiro atoms. The highest BCUT2D eigenvalue weighted by molar-refractivity contribution is 6.31. The summed E-state index contributed by atoms with van der Waals surface area (Å²) in [5, 5.41) is 8.18. The Morgan fingerprint density at radius 1 is 1.32 bits per heavy atom. The van der Waals surface area contributed by atoms with Crippen LogP contribution in [0.1, 0.15) is 41.5 Å². The van der Waals surface area contributed by atoms with E-state index in [2.05, 4.69) is 22.2 Å². The number of nitrogens with one attached hydrogen (secondary N) is 1. The fourth-order valence-corrected chi connectivity index (χ4v) is 3.60. The molecular formula is C19H25ClN4O. The number of amides is 1. The standard InChI is InChI=1S/C19H25ClN4O/c1-4-23-11-5-6-17(23)12-21-19(25)15-7-9-16(10-8-15)24-14(3)18(20)13(2)22-24/h7-10,17H,4-6,11-12H2,1-3H3,(H,21,25). The Morgan fingerprint density at radius 2 is 2.04 bits per heavy atom. The molecule has 1 atom stereocenters. The van der Waals surface area contributed by atoms with Gasteiger partial charge in [-0.1, -0.05) is 18.5 Å². The molecule has 5 nitrogen and oxygen atoms in total. The third-order valence-corrected chi connectivity index (χ3v) is 5.53. The van der Waals surface area contributed by atoms with Gasteiger partial charge in [0.05, 0.1) is 22.1 Å². The van der Waals surface area contributed by atoms with E-state index in [4.69, 9.17) is 11.6 Å². The molecule has 0 saturated carbocycles. The van der Waals surface area contributed by atoms with Crippen LogP contribution in [0, 0.1) is 13.8 Å². The SMILES string of the molecule is CCN1CCCC1CNC(=O)c1ccc(-n2nc(C)c(Cl)c2C)cc1. The maximum Gasteiger partial charge on any atom is 0.251 e. The maximum absolute atomic E-state index is 12.4. The summed E-state index contributed by atoms with van der Waals surface area (Å²) in [7, 11) is 0. The van der Waals surface area contributed by atoms with Gasteiger partial charge in [-0.15, -0.1) is 0 Å². The minimum absolute atomic E-state index is 0.0269. The second-order valence-corrected chi connectivity index (χ2v) is 6.96. The molecule has 3 rings (SSSR count). The fraction of sp³-hybridized carbons (Fsp3) is 0.474. The van der Waals surface area contributed by atoms with E-state index in [1.807, 2.05) is 38.1 Å². The first-order valence-electron chi connectivity index (χ1n) is 8.85. The van der Waals surface area contributed by atoms with Crippen molar-refractivity contribution in [2.24, 2.45) is 0 Å². The predicted molar refractivity (Wildman–Crippen MR) is 101 cm³/mol. The van der Waals surface area contributed by atoms with Crippen LogP contribution in [0.25, 0.3) is 5.69 Å². The zero-order valence-corrected chi connectivity index (χ0v) is 15.8. The van der Waals surface area contributed by atoms with Gasteiger partial charge in [0, 0.05) is 18.2 Å². The van der Waals surface area contributed by atoms with E-state index >= 15 is 0 Å². The van der Waals surface area contributed by atoms with Gasteiger partial charge in [0.15, 0.2) is 0 Å². The summed E-state index contributed by atoms with van der Waals surface area (Å²) >= 11 is 6.21. The number of likely N-dealkylation sites (N-methyl/N-ethyl adjacent to an activating group) is 1. The van der Waals surface area contributed by atoms with Crippen LogP contribution in [0.4, 0.5) is 0 Å². The minimum atomic E-state index is -0.0269. The van der Waals surface area contributed by atoms with Crippen LogP contribution in [-0.4, -0.2) is 46.3 Å². The van der Waals surface area contributed by atoms with Crippen molar-refractivity contribution in [1.29, 1.82) is 0 Å². The molecule has 1 aliphatic rings. The van der Waals surface area contributed by atoms with E-state index in [1.165, 1.54) is 6.42 Å².